The third-order valence-corrected chi connectivity index (χ3v) is 3.08. The van der Waals surface area contributed by atoms with Gasteiger partial charge in [0.25, 0.3) is 5.69 Å². The molecular weight excluding hydrogens is 252 g/mol. The van der Waals surface area contributed by atoms with Crippen LogP contribution in [0.15, 0.2) is 24.3 Å². The van der Waals surface area contributed by atoms with Crippen LogP contribution in [0, 0.1) is 28.4 Å². The van der Waals surface area contributed by atoms with Gasteiger partial charge in [0.15, 0.2) is 5.69 Å². The molecular formula is C11H8N4O2S. The van der Waals surface area contributed by atoms with Crippen LogP contribution in [-0.4, -0.2) is 9.91 Å². The lowest BCUT2D eigenvalue weighted by Crippen LogP contribution is -1.96. The molecule has 1 aromatic heterocycles. The Balaban J connectivity index is 2.40. The van der Waals surface area contributed by atoms with Crippen molar-refractivity contribution in [2.45, 2.75) is 6.92 Å². The number of thiazole rings is 1. The molecule has 6 nitrogen and oxygen atoms in total. The summed E-state index contributed by atoms with van der Waals surface area (Å²) in [7, 11) is 0. The standard InChI is InChI=1S/C11H8N4O2S/c1-7-13-9(6-12)11(18-7)14-8-4-2-3-5-10(8)15(16)17/h2-5,14H,1H3. The van der Waals surface area contributed by atoms with E-state index >= 15 is 0 Å². The van der Waals surface area contributed by atoms with Crippen LogP contribution in [0.1, 0.15) is 10.7 Å². The Hall–Kier alpha value is -2.46. The molecule has 7 heteroatoms. The zero-order valence-corrected chi connectivity index (χ0v) is 10.2. The highest BCUT2D eigenvalue weighted by atomic mass is 32.1. The number of benzene rings is 1. The van der Waals surface area contributed by atoms with Crippen LogP contribution in [0.2, 0.25) is 0 Å². The van der Waals surface area contributed by atoms with Gasteiger partial charge in [0.2, 0.25) is 0 Å². The molecule has 0 atom stereocenters. The zero-order valence-electron chi connectivity index (χ0n) is 9.38. The van der Waals surface area contributed by atoms with Gasteiger partial charge in [-0.2, -0.15) is 5.26 Å². The van der Waals surface area contributed by atoms with Crippen molar-refractivity contribution in [3.8, 4) is 6.07 Å². The molecule has 0 aliphatic carbocycles. The third-order valence-electron chi connectivity index (χ3n) is 2.19. The van der Waals surface area contributed by atoms with Crippen LogP contribution in [0.5, 0.6) is 0 Å². The number of rotatable bonds is 3. The minimum Gasteiger partial charge on any atom is -0.339 e. The molecule has 0 radical (unpaired) electrons. The maximum absolute atomic E-state index is 10.9. The first-order chi connectivity index (χ1) is 8.61. The van der Waals surface area contributed by atoms with E-state index in [2.05, 4.69) is 10.3 Å². The Kier molecular flexibility index (Phi) is 3.21. The molecule has 2 rings (SSSR count). The number of aromatic nitrogens is 1. The Morgan fingerprint density at radius 2 is 2.22 bits per heavy atom. The van der Waals surface area contributed by atoms with Gasteiger partial charge in [-0.15, -0.1) is 11.3 Å². The fourth-order valence-corrected chi connectivity index (χ4v) is 2.23. The highest BCUT2D eigenvalue weighted by Crippen LogP contribution is 2.31. The number of nitro groups is 1. The van der Waals surface area contributed by atoms with E-state index in [1.54, 1.807) is 25.1 Å². The molecule has 1 heterocycles. The quantitative estimate of drug-likeness (QED) is 0.676. The molecule has 0 saturated heterocycles. The van der Waals surface area contributed by atoms with Crippen molar-refractivity contribution in [3.63, 3.8) is 0 Å². The van der Waals surface area contributed by atoms with Crippen molar-refractivity contribution in [1.29, 1.82) is 5.26 Å². The van der Waals surface area contributed by atoms with Gasteiger partial charge in [-0.05, 0) is 13.0 Å². The van der Waals surface area contributed by atoms with Gasteiger partial charge in [-0.3, -0.25) is 10.1 Å². The number of para-hydroxylation sites is 2. The van der Waals surface area contributed by atoms with Crippen molar-refractivity contribution < 1.29 is 4.92 Å². The number of aryl methyl sites for hydroxylation is 1. The highest BCUT2D eigenvalue weighted by Gasteiger charge is 2.15. The predicted octanol–water partition coefficient (Wildman–Crippen LogP) is 2.98. The minimum atomic E-state index is -0.470. The largest absolute Gasteiger partial charge is 0.339 e. The molecule has 0 unspecified atom stereocenters. The lowest BCUT2D eigenvalue weighted by molar-refractivity contribution is -0.383. The normalized spacial score (nSPS) is 9.78. The van der Waals surface area contributed by atoms with E-state index in [-0.39, 0.29) is 11.4 Å². The van der Waals surface area contributed by atoms with Crippen molar-refractivity contribution in [3.05, 3.63) is 45.1 Å². The van der Waals surface area contributed by atoms with Crippen molar-refractivity contribution in [2.24, 2.45) is 0 Å². The number of nitrogens with zero attached hydrogens (tertiary/aromatic N) is 3. The zero-order chi connectivity index (χ0) is 13.1. The molecule has 0 bridgehead atoms. The fraction of sp³-hybridized carbons (Fsp3) is 0.0909. The van der Waals surface area contributed by atoms with Gasteiger partial charge in [-0.1, -0.05) is 12.1 Å². The average Bonchev–Trinajstić information content (AvgIpc) is 2.70. The summed E-state index contributed by atoms with van der Waals surface area (Å²) in [5, 5.41) is 23.9. The summed E-state index contributed by atoms with van der Waals surface area (Å²) in [5.41, 5.74) is 0.561. The number of nitro benzene ring substituents is 1. The van der Waals surface area contributed by atoms with E-state index in [4.69, 9.17) is 5.26 Å². The molecule has 90 valence electrons. The Labute approximate surface area is 107 Å². The van der Waals surface area contributed by atoms with Crippen LogP contribution in [0.25, 0.3) is 0 Å². The number of anilines is 2. The van der Waals surface area contributed by atoms with E-state index in [0.717, 1.165) is 5.01 Å². The molecule has 0 aliphatic rings. The summed E-state index contributed by atoms with van der Waals surface area (Å²) in [6, 6.07) is 8.23. The van der Waals surface area contributed by atoms with E-state index < -0.39 is 4.92 Å². The van der Waals surface area contributed by atoms with Gasteiger partial charge in [0.05, 0.1) is 9.93 Å². The van der Waals surface area contributed by atoms with Crippen LogP contribution in [0.3, 0.4) is 0 Å². The maximum atomic E-state index is 10.9. The minimum absolute atomic E-state index is 0.0348. The molecule has 2 aromatic rings. The Morgan fingerprint density at radius 3 is 2.89 bits per heavy atom. The topological polar surface area (TPSA) is 91.8 Å². The summed E-state index contributed by atoms with van der Waals surface area (Å²) >= 11 is 1.29. The van der Waals surface area contributed by atoms with Gasteiger partial charge >= 0.3 is 0 Å². The van der Waals surface area contributed by atoms with Crippen LogP contribution in [-0.2, 0) is 0 Å². The number of hydrogen-bond acceptors (Lipinski definition) is 6. The van der Waals surface area contributed by atoms with Crippen molar-refractivity contribution in [1.82, 2.24) is 4.98 Å². The smallest absolute Gasteiger partial charge is 0.292 e. The first kappa shape index (κ1) is 12.0. The fourth-order valence-electron chi connectivity index (χ4n) is 1.45. The number of nitriles is 1. The van der Waals surface area contributed by atoms with Gasteiger partial charge in [-0.25, -0.2) is 4.98 Å². The molecule has 0 fully saturated rings. The van der Waals surface area contributed by atoms with Crippen LogP contribution >= 0.6 is 11.3 Å². The monoisotopic (exact) mass is 260 g/mol. The molecule has 18 heavy (non-hydrogen) atoms. The maximum Gasteiger partial charge on any atom is 0.292 e. The lowest BCUT2D eigenvalue weighted by atomic mass is 10.2. The summed E-state index contributed by atoms with van der Waals surface area (Å²) in [6.07, 6.45) is 0. The SMILES string of the molecule is Cc1nc(C#N)c(Nc2ccccc2[N+](=O)[O-])s1. The van der Waals surface area contributed by atoms with E-state index in [0.29, 0.717) is 10.7 Å². The average molecular weight is 260 g/mol. The van der Waals surface area contributed by atoms with E-state index in [1.165, 1.54) is 17.4 Å². The summed E-state index contributed by atoms with van der Waals surface area (Å²) in [6.45, 7) is 1.77. The molecule has 0 amide bonds. The first-order valence-electron chi connectivity index (χ1n) is 5.00. The van der Waals surface area contributed by atoms with E-state index in [1.807, 2.05) is 6.07 Å². The second-order valence-electron chi connectivity index (χ2n) is 3.42. The van der Waals surface area contributed by atoms with E-state index in [9.17, 15) is 10.1 Å². The van der Waals surface area contributed by atoms with Gasteiger partial charge < -0.3 is 5.32 Å². The van der Waals surface area contributed by atoms with Crippen LogP contribution in [0.4, 0.5) is 16.4 Å². The van der Waals surface area contributed by atoms with Crippen molar-refractivity contribution in [2.75, 3.05) is 5.32 Å². The van der Waals surface area contributed by atoms with Crippen molar-refractivity contribution >= 4 is 27.7 Å². The Morgan fingerprint density at radius 1 is 1.50 bits per heavy atom. The second kappa shape index (κ2) is 4.81. The first-order valence-corrected chi connectivity index (χ1v) is 5.81. The highest BCUT2D eigenvalue weighted by molar-refractivity contribution is 7.16. The molecule has 0 aliphatic heterocycles. The van der Waals surface area contributed by atoms with Crippen LogP contribution < -0.4 is 5.32 Å². The Bertz CT molecular complexity index is 645. The van der Waals surface area contributed by atoms with Gasteiger partial charge in [0, 0.05) is 6.07 Å². The molecule has 1 aromatic carbocycles. The number of hydrogen-bond donors (Lipinski definition) is 1. The van der Waals surface area contributed by atoms with Gasteiger partial charge in [0.1, 0.15) is 16.8 Å². The molecule has 0 saturated carbocycles. The molecule has 1 N–H and O–H groups in total. The predicted molar refractivity (Wildman–Crippen MR) is 67.9 cm³/mol. The second-order valence-corrected chi connectivity index (χ2v) is 4.62. The molecule has 0 spiro atoms. The number of nitrogens with one attached hydrogen (secondary N) is 1. The summed E-state index contributed by atoms with van der Waals surface area (Å²) in [5.74, 6) is 0. The summed E-state index contributed by atoms with van der Waals surface area (Å²) < 4.78 is 0. The summed E-state index contributed by atoms with van der Waals surface area (Å²) in [4.78, 5) is 14.4. The third kappa shape index (κ3) is 2.28. The lowest BCUT2D eigenvalue weighted by Gasteiger charge is -2.03.